The number of carbonyl (C=O) groups is 1. The second kappa shape index (κ2) is 5.50. The van der Waals surface area contributed by atoms with Gasteiger partial charge < -0.3 is 10.6 Å². The lowest BCUT2D eigenvalue weighted by Crippen LogP contribution is -2.45. The van der Waals surface area contributed by atoms with Gasteiger partial charge in [-0.25, -0.2) is 9.18 Å². The number of hydrogen-bond acceptors (Lipinski definition) is 2. The number of nitriles is 1. The Balaban J connectivity index is 2.80. The van der Waals surface area contributed by atoms with Crippen molar-refractivity contribution in [2.75, 3.05) is 5.32 Å². The number of hydrogen-bond donors (Lipinski definition) is 2. The average molecular weight is 249 g/mol. The number of anilines is 1. The van der Waals surface area contributed by atoms with E-state index in [1.54, 1.807) is 0 Å². The second-order valence-electron chi connectivity index (χ2n) is 4.62. The summed E-state index contributed by atoms with van der Waals surface area (Å²) in [6.45, 7) is 5.74. The van der Waals surface area contributed by atoms with Crippen LogP contribution in [0.1, 0.15) is 32.8 Å². The van der Waals surface area contributed by atoms with Crippen LogP contribution in [0.15, 0.2) is 18.2 Å². The molecule has 0 saturated heterocycles. The smallest absolute Gasteiger partial charge is 0.319 e. The first-order chi connectivity index (χ1) is 8.38. The molecule has 18 heavy (non-hydrogen) atoms. The molecule has 1 aromatic rings. The molecule has 0 aromatic heterocycles. The molecule has 5 heteroatoms. The summed E-state index contributed by atoms with van der Waals surface area (Å²) in [4.78, 5) is 11.7. The van der Waals surface area contributed by atoms with Gasteiger partial charge in [0.05, 0.1) is 11.3 Å². The van der Waals surface area contributed by atoms with Gasteiger partial charge in [-0.1, -0.05) is 6.92 Å². The fourth-order valence-electron chi connectivity index (χ4n) is 1.27. The van der Waals surface area contributed by atoms with Crippen molar-refractivity contribution < 1.29 is 9.18 Å². The Hall–Kier alpha value is -2.09. The van der Waals surface area contributed by atoms with Gasteiger partial charge in [-0.2, -0.15) is 5.26 Å². The van der Waals surface area contributed by atoms with Crippen LogP contribution in [0.2, 0.25) is 0 Å². The topological polar surface area (TPSA) is 64.9 Å². The Labute approximate surface area is 106 Å². The van der Waals surface area contributed by atoms with Crippen LogP contribution >= 0.6 is 0 Å². The van der Waals surface area contributed by atoms with Crippen LogP contribution in [0, 0.1) is 17.1 Å². The number of rotatable bonds is 3. The summed E-state index contributed by atoms with van der Waals surface area (Å²) in [5.74, 6) is -0.508. The van der Waals surface area contributed by atoms with Crippen LogP contribution in [0.5, 0.6) is 0 Å². The molecule has 2 N–H and O–H groups in total. The number of urea groups is 1. The highest BCUT2D eigenvalue weighted by Gasteiger charge is 2.18. The number of nitrogens with zero attached hydrogens (tertiary/aromatic N) is 1. The van der Waals surface area contributed by atoms with Gasteiger partial charge in [0.2, 0.25) is 0 Å². The number of nitrogens with one attached hydrogen (secondary N) is 2. The molecule has 0 aliphatic rings. The van der Waals surface area contributed by atoms with Crippen molar-refractivity contribution in [3.63, 3.8) is 0 Å². The van der Waals surface area contributed by atoms with Crippen LogP contribution in [0.4, 0.5) is 14.9 Å². The van der Waals surface area contributed by atoms with E-state index in [1.165, 1.54) is 12.1 Å². The Kier molecular flexibility index (Phi) is 4.27. The Morgan fingerprint density at radius 1 is 1.50 bits per heavy atom. The van der Waals surface area contributed by atoms with Gasteiger partial charge in [0, 0.05) is 5.54 Å². The molecule has 0 unspecified atom stereocenters. The second-order valence-corrected chi connectivity index (χ2v) is 4.62. The molecular weight excluding hydrogens is 233 g/mol. The van der Waals surface area contributed by atoms with Crippen molar-refractivity contribution in [2.24, 2.45) is 0 Å². The fourth-order valence-corrected chi connectivity index (χ4v) is 1.27. The van der Waals surface area contributed by atoms with Gasteiger partial charge in [0.25, 0.3) is 0 Å². The fraction of sp³-hybridized carbons (Fsp3) is 0.385. The summed E-state index contributed by atoms with van der Waals surface area (Å²) in [6.07, 6.45) is 0.773. The molecule has 0 heterocycles. The third-order valence-electron chi connectivity index (χ3n) is 2.69. The molecule has 0 fully saturated rings. The normalized spacial score (nSPS) is 10.6. The SMILES string of the molecule is CCC(C)(C)NC(=O)Nc1ccc(F)cc1C#N. The highest BCUT2D eigenvalue weighted by molar-refractivity contribution is 5.91. The number of amides is 2. The van der Waals surface area contributed by atoms with Gasteiger partial charge in [-0.05, 0) is 38.5 Å². The molecule has 0 radical (unpaired) electrons. The molecule has 0 bridgehead atoms. The Morgan fingerprint density at radius 2 is 2.17 bits per heavy atom. The van der Waals surface area contributed by atoms with E-state index in [-0.39, 0.29) is 11.1 Å². The lowest BCUT2D eigenvalue weighted by molar-refractivity contribution is 0.240. The molecule has 0 spiro atoms. The zero-order valence-electron chi connectivity index (χ0n) is 10.7. The molecule has 0 aliphatic carbocycles. The van der Waals surface area contributed by atoms with E-state index in [4.69, 9.17) is 5.26 Å². The van der Waals surface area contributed by atoms with Gasteiger partial charge in [-0.15, -0.1) is 0 Å². The zero-order valence-corrected chi connectivity index (χ0v) is 10.7. The minimum Gasteiger partial charge on any atom is -0.333 e. The summed E-state index contributed by atoms with van der Waals surface area (Å²) in [5.41, 5.74) is 0.0551. The standard InChI is InChI=1S/C13H16FN3O/c1-4-13(2,3)17-12(18)16-11-6-5-10(14)7-9(11)8-15/h5-7H,4H2,1-3H3,(H2,16,17,18). The maximum atomic E-state index is 12.9. The van der Waals surface area contributed by atoms with Crippen LogP contribution in [0.3, 0.4) is 0 Å². The molecule has 0 aliphatic heterocycles. The predicted molar refractivity (Wildman–Crippen MR) is 67.6 cm³/mol. The molecule has 1 aromatic carbocycles. The third kappa shape index (κ3) is 3.74. The molecule has 4 nitrogen and oxygen atoms in total. The average Bonchev–Trinajstić information content (AvgIpc) is 2.30. The Bertz CT molecular complexity index is 491. The van der Waals surface area contributed by atoms with Gasteiger partial charge in [-0.3, -0.25) is 0 Å². The van der Waals surface area contributed by atoms with Crippen molar-refractivity contribution in [3.05, 3.63) is 29.6 Å². The molecule has 2 amide bonds. The molecule has 0 atom stereocenters. The summed E-state index contributed by atoms with van der Waals surface area (Å²) in [7, 11) is 0. The Morgan fingerprint density at radius 3 is 2.72 bits per heavy atom. The lowest BCUT2D eigenvalue weighted by Gasteiger charge is -2.24. The monoisotopic (exact) mass is 249 g/mol. The first-order valence-electron chi connectivity index (χ1n) is 5.67. The first kappa shape index (κ1) is 14.0. The quantitative estimate of drug-likeness (QED) is 0.864. The van der Waals surface area contributed by atoms with Gasteiger partial charge in [0.15, 0.2) is 0 Å². The number of benzene rings is 1. The van der Waals surface area contributed by atoms with Crippen molar-refractivity contribution in [3.8, 4) is 6.07 Å². The highest BCUT2D eigenvalue weighted by atomic mass is 19.1. The van der Waals surface area contributed by atoms with E-state index in [2.05, 4.69) is 10.6 Å². The molecule has 96 valence electrons. The van der Waals surface area contributed by atoms with Gasteiger partial charge >= 0.3 is 6.03 Å². The summed E-state index contributed by atoms with van der Waals surface area (Å²) < 4.78 is 12.9. The van der Waals surface area contributed by atoms with Crippen LogP contribution in [-0.4, -0.2) is 11.6 Å². The molecule has 1 rings (SSSR count). The van der Waals surface area contributed by atoms with Crippen LogP contribution in [-0.2, 0) is 0 Å². The van der Waals surface area contributed by atoms with E-state index in [9.17, 15) is 9.18 Å². The minimum atomic E-state index is -0.508. The summed E-state index contributed by atoms with van der Waals surface area (Å²) in [5, 5.41) is 14.2. The largest absolute Gasteiger partial charge is 0.333 e. The lowest BCUT2D eigenvalue weighted by atomic mass is 10.0. The van der Waals surface area contributed by atoms with Crippen LogP contribution < -0.4 is 10.6 Å². The zero-order chi connectivity index (χ0) is 13.8. The maximum Gasteiger partial charge on any atom is 0.319 e. The van der Waals surface area contributed by atoms with E-state index in [1.807, 2.05) is 26.8 Å². The maximum absolute atomic E-state index is 12.9. The van der Waals surface area contributed by atoms with Crippen molar-refractivity contribution in [2.45, 2.75) is 32.7 Å². The third-order valence-corrected chi connectivity index (χ3v) is 2.69. The van der Waals surface area contributed by atoms with Crippen LogP contribution in [0.25, 0.3) is 0 Å². The molecular formula is C13H16FN3O. The summed E-state index contributed by atoms with van der Waals surface area (Å²) >= 11 is 0. The van der Waals surface area contributed by atoms with Crippen molar-refractivity contribution >= 4 is 11.7 Å². The van der Waals surface area contributed by atoms with Gasteiger partial charge in [0.1, 0.15) is 11.9 Å². The van der Waals surface area contributed by atoms with Crippen molar-refractivity contribution in [1.82, 2.24) is 5.32 Å². The van der Waals surface area contributed by atoms with E-state index < -0.39 is 11.8 Å². The van der Waals surface area contributed by atoms with E-state index >= 15 is 0 Å². The van der Waals surface area contributed by atoms with Crippen molar-refractivity contribution in [1.29, 1.82) is 5.26 Å². The van der Waals surface area contributed by atoms with E-state index in [0.717, 1.165) is 12.5 Å². The molecule has 0 saturated carbocycles. The van der Waals surface area contributed by atoms with E-state index in [0.29, 0.717) is 5.69 Å². The number of halogens is 1. The highest BCUT2D eigenvalue weighted by Crippen LogP contribution is 2.16. The summed E-state index contributed by atoms with van der Waals surface area (Å²) in [6, 6.07) is 5.07. The predicted octanol–water partition coefficient (Wildman–Crippen LogP) is 3.01. The first-order valence-corrected chi connectivity index (χ1v) is 5.67. The number of carbonyl (C=O) groups excluding carboxylic acids is 1. The minimum absolute atomic E-state index is 0.0967.